The summed E-state index contributed by atoms with van der Waals surface area (Å²) in [6.45, 7) is 8.59. The molecule has 1 heterocycles. The van der Waals surface area contributed by atoms with Crippen LogP contribution in [0.1, 0.15) is 43.1 Å². The van der Waals surface area contributed by atoms with E-state index < -0.39 is 0 Å². The van der Waals surface area contributed by atoms with Gasteiger partial charge in [0.15, 0.2) is 0 Å². The second-order valence-corrected chi connectivity index (χ2v) is 3.49. The van der Waals surface area contributed by atoms with Crippen molar-refractivity contribution in [1.82, 2.24) is 4.98 Å². The highest BCUT2D eigenvalue weighted by Crippen LogP contribution is 2.19. The predicted octanol–water partition coefficient (Wildman–Crippen LogP) is 3.21. The van der Waals surface area contributed by atoms with Crippen LogP contribution in [0.15, 0.2) is 12.1 Å². The molecule has 0 N–H and O–H groups in total. The first-order chi connectivity index (χ1) is 5.63. The highest BCUT2D eigenvalue weighted by molar-refractivity contribution is 5.23. The average Bonchev–Trinajstić information content (AvgIpc) is 2.01. The lowest BCUT2D eigenvalue weighted by Gasteiger charge is -2.10. The summed E-state index contributed by atoms with van der Waals surface area (Å²) in [6.07, 6.45) is 1.20. The quantitative estimate of drug-likeness (QED) is 0.652. The third-order valence-corrected chi connectivity index (χ3v) is 2.29. The maximum atomic E-state index is 4.35. The van der Waals surface area contributed by atoms with Crippen LogP contribution < -0.4 is 0 Å². The van der Waals surface area contributed by atoms with Gasteiger partial charge in [0.05, 0.1) is 0 Å². The van der Waals surface area contributed by atoms with Gasteiger partial charge in [0.2, 0.25) is 0 Å². The predicted molar refractivity (Wildman–Crippen MR) is 52.4 cm³/mol. The van der Waals surface area contributed by atoms with Crippen molar-refractivity contribution in [1.29, 1.82) is 0 Å². The van der Waals surface area contributed by atoms with Crippen LogP contribution in [-0.2, 0) is 0 Å². The van der Waals surface area contributed by atoms with Gasteiger partial charge in [-0.25, -0.2) is 0 Å². The van der Waals surface area contributed by atoms with E-state index in [9.17, 15) is 0 Å². The minimum Gasteiger partial charge on any atom is -0.258 e. The maximum absolute atomic E-state index is 4.35. The Morgan fingerprint density at radius 1 is 1.25 bits per heavy atom. The number of nitrogens with zero attached hydrogens (tertiary/aromatic N) is 1. The third kappa shape index (κ3) is 2.07. The summed E-state index contributed by atoms with van der Waals surface area (Å²) >= 11 is 0. The normalized spacial score (nSPS) is 13.0. The third-order valence-electron chi connectivity index (χ3n) is 2.29. The van der Waals surface area contributed by atoms with Crippen LogP contribution in [-0.4, -0.2) is 4.98 Å². The molecule has 0 aliphatic rings. The largest absolute Gasteiger partial charge is 0.258 e. The highest BCUT2D eigenvalue weighted by atomic mass is 14.7. The first-order valence-corrected chi connectivity index (χ1v) is 4.58. The zero-order valence-corrected chi connectivity index (χ0v) is 8.39. The van der Waals surface area contributed by atoms with Crippen LogP contribution in [0.5, 0.6) is 0 Å². The van der Waals surface area contributed by atoms with Gasteiger partial charge in [0, 0.05) is 11.4 Å². The van der Waals surface area contributed by atoms with E-state index in [1.165, 1.54) is 12.0 Å². The molecule has 1 aromatic rings. The number of hydrogen-bond acceptors (Lipinski definition) is 1. The van der Waals surface area contributed by atoms with Crippen LogP contribution in [0.25, 0.3) is 0 Å². The number of hydrogen-bond donors (Lipinski definition) is 0. The van der Waals surface area contributed by atoms with Gasteiger partial charge in [-0.2, -0.15) is 0 Å². The van der Waals surface area contributed by atoms with E-state index in [0.717, 1.165) is 11.4 Å². The standard InChI is InChI=1S/C11H17N/c1-5-8(2)11-6-9(3)12-10(4)7-11/h6-8H,5H2,1-4H3. The summed E-state index contributed by atoms with van der Waals surface area (Å²) < 4.78 is 0. The Hall–Kier alpha value is -0.850. The molecule has 12 heavy (non-hydrogen) atoms. The molecule has 0 radical (unpaired) electrons. The molecular weight excluding hydrogens is 146 g/mol. The van der Waals surface area contributed by atoms with E-state index in [0.29, 0.717) is 5.92 Å². The van der Waals surface area contributed by atoms with Crippen molar-refractivity contribution in [2.45, 2.75) is 40.0 Å². The SMILES string of the molecule is CCC(C)c1cc(C)nc(C)c1. The Morgan fingerprint density at radius 2 is 1.75 bits per heavy atom. The summed E-state index contributed by atoms with van der Waals surface area (Å²) in [5, 5.41) is 0. The lowest BCUT2D eigenvalue weighted by Crippen LogP contribution is -1.95. The van der Waals surface area contributed by atoms with Gasteiger partial charge in [0.1, 0.15) is 0 Å². The van der Waals surface area contributed by atoms with E-state index in [4.69, 9.17) is 0 Å². The lowest BCUT2D eigenvalue weighted by atomic mass is 9.98. The van der Waals surface area contributed by atoms with Gasteiger partial charge in [-0.1, -0.05) is 13.8 Å². The van der Waals surface area contributed by atoms with Crippen molar-refractivity contribution in [3.8, 4) is 0 Å². The Morgan fingerprint density at radius 3 is 2.17 bits per heavy atom. The molecule has 1 atom stereocenters. The Bertz CT molecular complexity index is 245. The van der Waals surface area contributed by atoms with E-state index in [-0.39, 0.29) is 0 Å². The summed E-state index contributed by atoms with van der Waals surface area (Å²) in [6, 6.07) is 4.36. The van der Waals surface area contributed by atoms with Crippen LogP contribution in [0.3, 0.4) is 0 Å². The van der Waals surface area contributed by atoms with Crippen LogP contribution >= 0.6 is 0 Å². The molecule has 0 spiro atoms. The monoisotopic (exact) mass is 163 g/mol. The number of rotatable bonds is 2. The Labute approximate surface area is 74.8 Å². The number of aromatic nitrogens is 1. The van der Waals surface area contributed by atoms with Crippen molar-refractivity contribution in [2.75, 3.05) is 0 Å². The van der Waals surface area contributed by atoms with Crippen molar-refractivity contribution >= 4 is 0 Å². The lowest BCUT2D eigenvalue weighted by molar-refractivity contribution is 0.729. The fraction of sp³-hybridized carbons (Fsp3) is 0.545. The fourth-order valence-electron chi connectivity index (χ4n) is 1.39. The molecule has 1 nitrogen and oxygen atoms in total. The number of aryl methyl sites for hydroxylation is 2. The second-order valence-electron chi connectivity index (χ2n) is 3.49. The minimum atomic E-state index is 0.658. The van der Waals surface area contributed by atoms with E-state index in [1.54, 1.807) is 0 Å². The van der Waals surface area contributed by atoms with Crippen LogP contribution in [0, 0.1) is 13.8 Å². The molecule has 1 aromatic heterocycles. The van der Waals surface area contributed by atoms with Gasteiger partial charge >= 0.3 is 0 Å². The Balaban J connectivity index is 3.00. The molecule has 1 rings (SSSR count). The summed E-state index contributed by atoms with van der Waals surface area (Å²) in [5.74, 6) is 0.658. The second kappa shape index (κ2) is 3.70. The molecular formula is C11H17N. The van der Waals surface area contributed by atoms with Gasteiger partial charge in [-0.3, -0.25) is 4.98 Å². The Kier molecular flexibility index (Phi) is 2.85. The van der Waals surface area contributed by atoms with Crippen LogP contribution in [0.2, 0.25) is 0 Å². The van der Waals surface area contributed by atoms with Crippen LogP contribution in [0.4, 0.5) is 0 Å². The van der Waals surface area contributed by atoms with Gasteiger partial charge < -0.3 is 0 Å². The molecule has 1 unspecified atom stereocenters. The van der Waals surface area contributed by atoms with Crippen molar-refractivity contribution < 1.29 is 0 Å². The van der Waals surface area contributed by atoms with Gasteiger partial charge in [-0.05, 0) is 43.9 Å². The van der Waals surface area contributed by atoms with Gasteiger partial charge in [-0.15, -0.1) is 0 Å². The van der Waals surface area contributed by atoms with Crippen molar-refractivity contribution in [3.63, 3.8) is 0 Å². The highest BCUT2D eigenvalue weighted by Gasteiger charge is 2.03. The smallest absolute Gasteiger partial charge is 0.0378 e. The summed E-state index contributed by atoms with van der Waals surface area (Å²) in [7, 11) is 0. The summed E-state index contributed by atoms with van der Waals surface area (Å²) in [5.41, 5.74) is 3.68. The molecule has 0 bridgehead atoms. The molecule has 1 heteroatoms. The molecule has 0 aliphatic carbocycles. The average molecular weight is 163 g/mol. The zero-order valence-electron chi connectivity index (χ0n) is 8.39. The first kappa shape index (κ1) is 9.24. The minimum absolute atomic E-state index is 0.658. The number of pyridine rings is 1. The maximum Gasteiger partial charge on any atom is 0.0378 e. The molecule has 0 fully saturated rings. The topological polar surface area (TPSA) is 12.9 Å². The molecule has 0 aromatic carbocycles. The zero-order chi connectivity index (χ0) is 9.14. The van der Waals surface area contributed by atoms with E-state index in [1.807, 2.05) is 0 Å². The van der Waals surface area contributed by atoms with Crippen molar-refractivity contribution in [2.24, 2.45) is 0 Å². The molecule has 0 aliphatic heterocycles. The first-order valence-electron chi connectivity index (χ1n) is 4.58. The van der Waals surface area contributed by atoms with E-state index >= 15 is 0 Å². The van der Waals surface area contributed by atoms with Crippen molar-refractivity contribution in [3.05, 3.63) is 29.1 Å². The summed E-state index contributed by atoms with van der Waals surface area (Å²) in [4.78, 5) is 4.35. The molecule has 0 saturated carbocycles. The molecule has 0 amide bonds. The van der Waals surface area contributed by atoms with E-state index in [2.05, 4.69) is 44.8 Å². The molecule has 0 saturated heterocycles. The molecule has 66 valence electrons. The van der Waals surface area contributed by atoms with Gasteiger partial charge in [0.25, 0.3) is 0 Å². The fourth-order valence-corrected chi connectivity index (χ4v) is 1.39.